The number of Topliss-reactive ketones (excluding diaryl/α,β-unsaturated/α-hetero) is 1. The number of carbonyl (C=O) groups is 3. The Bertz CT molecular complexity index is 1400. The number of hydrogen-bond acceptors (Lipinski definition) is 3. The van der Waals surface area contributed by atoms with Gasteiger partial charge in [0.1, 0.15) is 0 Å². The number of rotatable bonds is 10. The summed E-state index contributed by atoms with van der Waals surface area (Å²) in [7, 11) is 0. The molecule has 4 rings (SSSR count). The van der Waals surface area contributed by atoms with E-state index in [1.165, 1.54) is 16.7 Å². The summed E-state index contributed by atoms with van der Waals surface area (Å²) in [4.78, 5) is 42.1. The number of aryl methyl sites for hydroxylation is 3. The van der Waals surface area contributed by atoms with Crippen LogP contribution in [0.4, 0.5) is 0 Å². The summed E-state index contributed by atoms with van der Waals surface area (Å²) in [6.45, 7) is 17.3. The number of benzene rings is 2. The van der Waals surface area contributed by atoms with E-state index in [0.717, 1.165) is 59.9 Å². The van der Waals surface area contributed by atoms with Gasteiger partial charge in [-0.1, -0.05) is 88.2 Å². The SMILES string of the molecule is CCc1cc(C)c(CC2=CC=C(CC(=O)c3ccc(CCC(C)C(C)(C)C)cc3)C2)cc1C(=O)N1CCN(C(C)=O)CC1. The summed E-state index contributed by atoms with van der Waals surface area (Å²) in [6, 6.07) is 12.4. The summed E-state index contributed by atoms with van der Waals surface area (Å²) in [5, 5.41) is 0. The molecule has 230 valence electrons. The molecular formula is C38H50N2O3. The van der Waals surface area contributed by atoms with Crippen molar-refractivity contribution >= 4 is 17.6 Å². The van der Waals surface area contributed by atoms with E-state index in [2.05, 4.69) is 78.0 Å². The van der Waals surface area contributed by atoms with Crippen molar-refractivity contribution in [3.8, 4) is 0 Å². The molecule has 0 saturated carbocycles. The summed E-state index contributed by atoms with van der Waals surface area (Å²) in [5.41, 5.74) is 8.99. The van der Waals surface area contributed by atoms with Crippen molar-refractivity contribution in [2.24, 2.45) is 11.3 Å². The largest absolute Gasteiger partial charge is 0.339 e. The van der Waals surface area contributed by atoms with E-state index in [1.807, 2.05) is 17.0 Å². The van der Waals surface area contributed by atoms with E-state index >= 15 is 0 Å². The molecule has 0 aromatic heterocycles. The lowest BCUT2D eigenvalue weighted by Crippen LogP contribution is -2.50. The minimum absolute atomic E-state index is 0.0563. The van der Waals surface area contributed by atoms with Gasteiger partial charge in [-0.05, 0) is 78.7 Å². The number of ketones is 1. The third kappa shape index (κ3) is 8.34. The Balaban J connectivity index is 1.33. The van der Waals surface area contributed by atoms with Crippen molar-refractivity contribution in [2.75, 3.05) is 26.2 Å². The fourth-order valence-corrected chi connectivity index (χ4v) is 6.00. The molecule has 2 aromatic rings. The second kappa shape index (κ2) is 13.9. The number of amides is 2. The van der Waals surface area contributed by atoms with Gasteiger partial charge in [0.25, 0.3) is 5.91 Å². The molecule has 1 aliphatic heterocycles. The van der Waals surface area contributed by atoms with Crippen molar-refractivity contribution < 1.29 is 14.4 Å². The van der Waals surface area contributed by atoms with Crippen molar-refractivity contribution in [2.45, 2.75) is 87.0 Å². The number of carbonyl (C=O) groups excluding carboxylic acids is 3. The topological polar surface area (TPSA) is 57.7 Å². The lowest BCUT2D eigenvalue weighted by molar-refractivity contribution is -0.130. The minimum atomic E-state index is 0.0563. The van der Waals surface area contributed by atoms with Crippen LogP contribution >= 0.6 is 0 Å². The van der Waals surface area contributed by atoms with Crippen molar-refractivity contribution in [1.29, 1.82) is 0 Å². The van der Waals surface area contributed by atoms with Gasteiger partial charge in [-0.3, -0.25) is 14.4 Å². The molecule has 1 saturated heterocycles. The highest BCUT2D eigenvalue weighted by atomic mass is 16.2. The lowest BCUT2D eigenvalue weighted by Gasteiger charge is -2.34. The third-order valence-corrected chi connectivity index (χ3v) is 9.62. The first-order chi connectivity index (χ1) is 20.3. The maximum absolute atomic E-state index is 13.6. The molecule has 0 radical (unpaired) electrons. The first-order valence-corrected chi connectivity index (χ1v) is 16.0. The van der Waals surface area contributed by atoms with Crippen LogP contribution in [0.2, 0.25) is 0 Å². The lowest BCUT2D eigenvalue weighted by atomic mass is 9.79. The van der Waals surface area contributed by atoms with Gasteiger partial charge < -0.3 is 9.80 Å². The highest BCUT2D eigenvalue weighted by Gasteiger charge is 2.26. The van der Waals surface area contributed by atoms with Gasteiger partial charge in [0.15, 0.2) is 5.78 Å². The van der Waals surface area contributed by atoms with Crippen LogP contribution in [0, 0.1) is 18.3 Å². The standard InChI is InChI=1S/C38H50N2O3/c1-8-32-21-26(2)34(25-35(32)37(43)40-19-17-39(18-20-40)28(4)41)23-30-11-12-31(22-30)24-36(42)33-15-13-29(14-16-33)10-9-27(3)38(5,6)7/h11-16,21,25,27H,8-10,17-20,22-24H2,1-7H3. The molecule has 2 aliphatic rings. The van der Waals surface area contributed by atoms with Crippen LogP contribution in [-0.4, -0.2) is 53.6 Å². The van der Waals surface area contributed by atoms with Gasteiger partial charge in [0, 0.05) is 50.7 Å². The van der Waals surface area contributed by atoms with Crippen LogP contribution in [0.1, 0.15) is 104 Å². The Hall–Kier alpha value is -3.47. The summed E-state index contributed by atoms with van der Waals surface area (Å²) in [5.74, 6) is 0.922. The minimum Gasteiger partial charge on any atom is -0.339 e. The van der Waals surface area contributed by atoms with Crippen LogP contribution in [-0.2, 0) is 24.1 Å². The molecule has 5 heteroatoms. The van der Waals surface area contributed by atoms with Gasteiger partial charge in [-0.15, -0.1) is 0 Å². The zero-order valence-electron chi connectivity index (χ0n) is 27.4. The van der Waals surface area contributed by atoms with Crippen molar-refractivity contribution in [3.63, 3.8) is 0 Å². The summed E-state index contributed by atoms with van der Waals surface area (Å²) < 4.78 is 0. The number of piperazine rings is 1. The Kier molecular flexibility index (Phi) is 10.5. The quantitative estimate of drug-likeness (QED) is 0.272. The Morgan fingerprint density at radius 3 is 2.12 bits per heavy atom. The molecule has 5 nitrogen and oxygen atoms in total. The maximum atomic E-state index is 13.6. The van der Waals surface area contributed by atoms with E-state index in [9.17, 15) is 14.4 Å². The molecule has 1 atom stereocenters. The Morgan fingerprint density at radius 1 is 0.884 bits per heavy atom. The average molecular weight is 583 g/mol. The average Bonchev–Trinajstić information content (AvgIpc) is 3.42. The third-order valence-electron chi connectivity index (χ3n) is 9.62. The molecule has 1 aliphatic carbocycles. The molecular weight excluding hydrogens is 532 g/mol. The zero-order chi connectivity index (χ0) is 31.3. The summed E-state index contributed by atoms with van der Waals surface area (Å²) >= 11 is 0. The van der Waals surface area contributed by atoms with Crippen LogP contribution in [0.5, 0.6) is 0 Å². The number of allylic oxidation sites excluding steroid dienone is 4. The van der Waals surface area contributed by atoms with Gasteiger partial charge in [0.2, 0.25) is 5.91 Å². The second-order valence-corrected chi connectivity index (χ2v) is 13.7. The van der Waals surface area contributed by atoms with Crippen LogP contribution in [0.25, 0.3) is 0 Å². The van der Waals surface area contributed by atoms with Gasteiger partial charge in [-0.2, -0.15) is 0 Å². The fourth-order valence-electron chi connectivity index (χ4n) is 6.00. The zero-order valence-corrected chi connectivity index (χ0v) is 27.4. The van der Waals surface area contributed by atoms with E-state index in [0.29, 0.717) is 43.9 Å². The highest BCUT2D eigenvalue weighted by molar-refractivity contribution is 5.98. The normalized spacial score (nSPS) is 16.2. The smallest absolute Gasteiger partial charge is 0.254 e. The predicted octanol–water partition coefficient (Wildman–Crippen LogP) is 7.55. The second-order valence-electron chi connectivity index (χ2n) is 13.7. The highest BCUT2D eigenvalue weighted by Crippen LogP contribution is 2.30. The predicted molar refractivity (Wildman–Crippen MR) is 176 cm³/mol. The molecule has 43 heavy (non-hydrogen) atoms. The first kappa shape index (κ1) is 32.4. The monoisotopic (exact) mass is 582 g/mol. The van der Waals surface area contributed by atoms with Crippen molar-refractivity contribution in [3.05, 3.63) is 93.1 Å². The molecule has 1 fully saturated rings. The van der Waals surface area contributed by atoms with E-state index in [-0.39, 0.29) is 17.6 Å². The van der Waals surface area contributed by atoms with Crippen LogP contribution < -0.4 is 0 Å². The molecule has 0 N–H and O–H groups in total. The molecule has 1 unspecified atom stereocenters. The number of nitrogens with zero attached hydrogens (tertiary/aromatic N) is 2. The van der Waals surface area contributed by atoms with Crippen LogP contribution in [0.15, 0.2) is 59.7 Å². The van der Waals surface area contributed by atoms with Gasteiger partial charge in [0.05, 0.1) is 0 Å². The van der Waals surface area contributed by atoms with E-state index in [4.69, 9.17) is 0 Å². The van der Waals surface area contributed by atoms with E-state index < -0.39 is 0 Å². The Labute approximate surface area is 259 Å². The molecule has 2 aromatic carbocycles. The Morgan fingerprint density at radius 2 is 1.51 bits per heavy atom. The van der Waals surface area contributed by atoms with Crippen molar-refractivity contribution in [1.82, 2.24) is 9.80 Å². The fraction of sp³-hybridized carbons (Fsp3) is 0.500. The summed E-state index contributed by atoms with van der Waals surface area (Å²) in [6.07, 6.45) is 9.22. The van der Waals surface area contributed by atoms with Gasteiger partial charge in [-0.25, -0.2) is 0 Å². The van der Waals surface area contributed by atoms with Crippen LogP contribution in [0.3, 0.4) is 0 Å². The maximum Gasteiger partial charge on any atom is 0.254 e. The van der Waals surface area contributed by atoms with E-state index in [1.54, 1.807) is 11.8 Å². The molecule has 1 heterocycles. The number of hydrogen-bond donors (Lipinski definition) is 0. The molecule has 0 bridgehead atoms. The first-order valence-electron chi connectivity index (χ1n) is 16.0. The molecule has 0 spiro atoms. The van der Waals surface area contributed by atoms with Gasteiger partial charge >= 0.3 is 0 Å². The molecule has 2 amide bonds.